The maximum atomic E-state index is 12.8. The highest BCUT2D eigenvalue weighted by Crippen LogP contribution is 2.46. The van der Waals surface area contributed by atoms with Gasteiger partial charge in [-0.15, -0.1) is 0 Å². The zero-order chi connectivity index (χ0) is 21.1. The van der Waals surface area contributed by atoms with Crippen LogP contribution in [0.15, 0.2) is 18.3 Å². The van der Waals surface area contributed by atoms with Gasteiger partial charge in [-0.1, -0.05) is 6.07 Å². The molecule has 7 nitrogen and oxygen atoms in total. The van der Waals surface area contributed by atoms with E-state index in [4.69, 9.17) is 4.74 Å². The van der Waals surface area contributed by atoms with Gasteiger partial charge in [-0.25, -0.2) is 9.78 Å². The van der Waals surface area contributed by atoms with Crippen LogP contribution in [0.4, 0.5) is 10.6 Å². The summed E-state index contributed by atoms with van der Waals surface area (Å²) < 4.78 is 5.12. The molecule has 1 spiro atoms. The first-order chi connectivity index (χ1) is 14.6. The number of carbonyl (C=O) groups excluding carboxylic acids is 2. The Bertz CT molecular complexity index is 767. The Kier molecular flexibility index (Phi) is 6.27. The normalized spacial score (nSPS) is 22.3. The maximum absolute atomic E-state index is 12.8. The van der Waals surface area contributed by atoms with E-state index in [1.54, 1.807) is 6.20 Å². The quantitative estimate of drug-likeness (QED) is 0.758. The van der Waals surface area contributed by atoms with Gasteiger partial charge in [-0.3, -0.25) is 9.69 Å². The first kappa shape index (κ1) is 21.1. The number of pyridine rings is 1. The van der Waals surface area contributed by atoms with Crippen molar-refractivity contribution in [3.63, 3.8) is 0 Å². The van der Waals surface area contributed by atoms with Crippen LogP contribution in [-0.4, -0.2) is 72.7 Å². The van der Waals surface area contributed by atoms with E-state index in [1.165, 1.54) is 5.56 Å². The third-order valence-electron chi connectivity index (χ3n) is 7.19. The monoisotopic (exact) mass is 414 g/mol. The van der Waals surface area contributed by atoms with Crippen LogP contribution >= 0.6 is 0 Å². The molecule has 2 amide bonds. The number of nitrogens with zero attached hydrogens (tertiary/aromatic N) is 4. The highest BCUT2D eigenvalue weighted by molar-refractivity contribution is 5.96. The molecule has 0 atom stereocenters. The number of piperidine rings is 2. The number of carbonyl (C=O) groups is 2. The molecule has 0 aliphatic carbocycles. The molecule has 0 unspecified atom stereocenters. The van der Waals surface area contributed by atoms with Crippen LogP contribution in [0.5, 0.6) is 0 Å². The molecule has 2 fully saturated rings. The van der Waals surface area contributed by atoms with Gasteiger partial charge in [-0.2, -0.15) is 0 Å². The molecular formula is C23H34N4O3. The van der Waals surface area contributed by atoms with Crippen LogP contribution in [0.1, 0.15) is 51.5 Å². The number of hydrogen-bond donors (Lipinski definition) is 0. The molecule has 3 aliphatic heterocycles. The van der Waals surface area contributed by atoms with Gasteiger partial charge in [0.15, 0.2) is 0 Å². The average molecular weight is 415 g/mol. The highest BCUT2D eigenvalue weighted by Gasteiger charge is 2.45. The molecule has 3 aliphatic rings. The molecule has 30 heavy (non-hydrogen) atoms. The molecule has 0 aromatic carbocycles. The molecule has 0 saturated carbocycles. The Morgan fingerprint density at radius 3 is 2.60 bits per heavy atom. The van der Waals surface area contributed by atoms with Gasteiger partial charge < -0.3 is 14.5 Å². The van der Waals surface area contributed by atoms with E-state index in [0.717, 1.165) is 64.2 Å². The van der Waals surface area contributed by atoms with Crippen LogP contribution < -0.4 is 4.90 Å². The number of rotatable bonds is 4. The predicted molar refractivity (Wildman–Crippen MR) is 116 cm³/mol. The number of likely N-dealkylation sites (tertiary alicyclic amines) is 2. The summed E-state index contributed by atoms with van der Waals surface area (Å²) in [6, 6.07) is 4.19. The standard InChI is InChI=1S/C23H34N4O3/c1-3-27-20(28)16-23(19-6-5-11-24-21(19)27)9-14-25(15-10-23)17-18-7-12-26(13-8-18)22(29)30-4-2/h5-6,11,18H,3-4,7-10,12-17H2,1-2H3. The summed E-state index contributed by atoms with van der Waals surface area (Å²) in [5, 5.41) is 0. The van der Waals surface area contributed by atoms with E-state index in [1.807, 2.05) is 29.7 Å². The smallest absolute Gasteiger partial charge is 0.409 e. The summed E-state index contributed by atoms with van der Waals surface area (Å²) in [6.45, 7) is 9.69. The number of amides is 2. The molecule has 1 aromatic heterocycles. The second-order valence-electron chi connectivity index (χ2n) is 8.90. The Labute approximate surface area is 179 Å². The van der Waals surface area contributed by atoms with Crippen molar-refractivity contribution in [2.24, 2.45) is 5.92 Å². The van der Waals surface area contributed by atoms with Gasteiger partial charge in [0.1, 0.15) is 5.82 Å². The first-order valence-electron chi connectivity index (χ1n) is 11.5. The molecule has 1 aromatic rings. The van der Waals surface area contributed by atoms with Crippen molar-refractivity contribution >= 4 is 17.8 Å². The Morgan fingerprint density at radius 1 is 1.20 bits per heavy atom. The Balaban J connectivity index is 1.34. The van der Waals surface area contributed by atoms with E-state index in [2.05, 4.69) is 16.0 Å². The topological polar surface area (TPSA) is 66.0 Å². The zero-order valence-electron chi connectivity index (χ0n) is 18.3. The van der Waals surface area contributed by atoms with Crippen molar-refractivity contribution in [2.45, 2.75) is 51.4 Å². The fraction of sp³-hybridized carbons (Fsp3) is 0.696. The second-order valence-corrected chi connectivity index (χ2v) is 8.90. The van der Waals surface area contributed by atoms with Crippen molar-refractivity contribution in [3.8, 4) is 0 Å². The Morgan fingerprint density at radius 2 is 1.93 bits per heavy atom. The van der Waals surface area contributed by atoms with Gasteiger partial charge in [0.25, 0.3) is 0 Å². The molecule has 164 valence electrons. The van der Waals surface area contributed by atoms with E-state index in [0.29, 0.717) is 25.5 Å². The van der Waals surface area contributed by atoms with Gasteiger partial charge in [0.2, 0.25) is 5.91 Å². The van der Waals surface area contributed by atoms with Gasteiger partial charge in [0.05, 0.1) is 6.61 Å². The summed E-state index contributed by atoms with van der Waals surface area (Å²) in [5.41, 5.74) is 1.20. The molecule has 2 saturated heterocycles. The largest absolute Gasteiger partial charge is 0.450 e. The SMILES string of the molecule is CCOC(=O)N1CCC(CN2CCC3(CC2)CC(=O)N(CC)c2ncccc23)CC1. The minimum atomic E-state index is -0.175. The summed E-state index contributed by atoms with van der Waals surface area (Å²) >= 11 is 0. The van der Waals surface area contributed by atoms with Crippen LogP contribution in [0.3, 0.4) is 0 Å². The van der Waals surface area contributed by atoms with Crippen molar-refractivity contribution in [1.82, 2.24) is 14.8 Å². The molecule has 4 rings (SSSR count). The summed E-state index contributed by atoms with van der Waals surface area (Å²) in [6.07, 6.45) is 6.32. The fourth-order valence-electron chi connectivity index (χ4n) is 5.44. The van der Waals surface area contributed by atoms with Crippen molar-refractivity contribution < 1.29 is 14.3 Å². The van der Waals surface area contributed by atoms with Crippen molar-refractivity contribution in [2.75, 3.05) is 50.8 Å². The lowest BCUT2D eigenvalue weighted by molar-refractivity contribution is -0.121. The number of fused-ring (bicyclic) bond motifs is 2. The molecule has 0 radical (unpaired) electrons. The average Bonchev–Trinajstić information content (AvgIpc) is 2.76. The van der Waals surface area contributed by atoms with E-state index in [-0.39, 0.29) is 17.4 Å². The summed E-state index contributed by atoms with van der Waals surface area (Å²) in [7, 11) is 0. The zero-order valence-corrected chi connectivity index (χ0v) is 18.3. The van der Waals surface area contributed by atoms with Gasteiger partial charge in [0, 0.05) is 49.8 Å². The van der Waals surface area contributed by atoms with Crippen molar-refractivity contribution in [1.29, 1.82) is 0 Å². The molecular weight excluding hydrogens is 380 g/mol. The summed E-state index contributed by atoms with van der Waals surface area (Å²) in [4.78, 5) is 35.5. The van der Waals surface area contributed by atoms with E-state index < -0.39 is 0 Å². The predicted octanol–water partition coefficient (Wildman–Crippen LogP) is 3.04. The Hall–Kier alpha value is -2.15. The van der Waals surface area contributed by atoms with Crippen LogP contribution in [0.25, 0.3) is 0 Å². The third-order valence-corrected chi connectivity index (χ3v) is 7.19. The number of ether oxygens (including phenoxy) is 1. The minimum absolute atomic E-state index is 0.0594. The molecule has 0 N–H and O–H groups in total. The first-order valence-corrected chi connectivity index (χ1v) is 11.5. The van der Waals surface area contributed by atoms with Gasteiger partial charge in [-0.05, 0) is 64.6 Å². The minimum Gasteiger partial charge on any atom is -0.450 e. The summed E-state index contributed by atoms with van der Waals surface area (Å²) in [5.74, 6) is 1.71. The van der Waals surface area contributed by atoms with E-state index in [9.17, 15) is 9.59 Å². The lowest BCUT2D eigenvalue weighted by Crippen LogP contribution is -2.51. The van der Waals surface area contributed by atoms with Crippen LogP contribution in [0, 0.1) is 5.92 Å². The number of anilines is 1. The number of aromatic nitrogens is 1. The third kappa shape index (κ3) is 4.04. The van der Waals surface area contributed by atoms with E-state index >= 15 is 0 Å². The van der Waals surface area contributed by atoms with Crippen LogP contribution in [0.2, 0.25) is 0 Å². The molecule has 0 bridgehead atoms. The fourth-order valence-corrected chi connectivity index (χ4v) is 5.44. The van der Waals surface area contributed by atoms with Crippen molar-refractivity contribution in [3.05, 3.63) is 23.9 Å². The lowest BCUT2D eigenvalue weighted by Gasteiger charge is -2.47. The molecule has 7 heteroatoms. The maximum Gasteiger partial charge on any atom is 0.409 e. The highest BCUT2D eigenvalue weighted by atomic mass is 16.6. The van der Waals surface area contributed by atoms with Gasteiger partial charge >= 0.3 is 6.09 Å². The lowest BCUT2D eigenvalue weighted by atomic mass is 9.68. The number of hydrogen-bond acceptors (Lipinski definition) is 5. The molecule has 4 heterocycles. The van der Waals surface area contributed by atoms with Crippen LogP contribution in [-0.2, 0) is 14.9 Å². The second kappa shape index (κ2) is 8.92.